The highest BCUT2D eigenvalue weighted by atomic mass is 32.1. The fourth-order valence-electron chi connectivity index (χ4n) is 3.97. The molecule has 4 heterocycles. The van der Waals surface area contributed by atoms with E-state index >= 15 is 0 Å². The lowest BCUT2D eigenvalue weighted by Gasteiger charge is -2.33. The minimum absolute atomic E-state index is 0.151. The predicted molar refractivity (Wildman–Crippen MR) is 104 cm³/mol. The van der Waals surface area contributed by atoms with E-state index in [0.29, 0.717) is 19.0 Å². The lowest BCUT2D eigenvalue weighted by molar-refractivity contribution is -0.0832. The van der Waals surface area contributed by atoms with E-state index in [4.69, 9.17) is 9.47 Å². The van der Waals surface area contributed by atoms with Crippen molar-refractivity contribution >= 4 is 11.3 Å². The molecule has 1 saturated heterocycles. The summed E-state index contributed by atoms with van der Waals surface area (Å²) in [7, 11) is 1.67. The van der Waals surface area contributed by atoms with E-state index in [1.165, 1.54) is 4.88 Å². The molecule has 1 atom stereocenters. The third-order valence-electron chi connectivity index (χ3n) is 5.44. The van der Waals surface area contributed by atoms with E-state index in [-0.39, 0.29) is 11.3 Å². The number of benzene rings is 1. The largest absolute Gasteiger partial charge is 0.497 e. The summed E-state index contributed by atoms with van der Waals surface area (Å²) in [5, 5.41) is 7.52. The van der Waals surface area contributed by atoms with Gasteiger partial charge in [-0.05, 0) is 18.6 Å². The van der Waals surface area contributed by atoms with Crippen molar-refractivity contribution in [3.05, 3.63) is 51.6 Å². The molecule has 2 aromatic heterocycles. The molecule has 5 rings (SSSR count). The normalized spacial score (nSPS) is 21.9. The summed E-state index contributed by atoms with van der Waals surface area (Å²) in [5.41, 5.74) is 0.610. The van der Waals surface area contributed by atoms with Crippen LogP contribution in [0.25, 0.3) is 10.6 Å². The Kier molecular flexibility index (Phi) is 4.30. The average molecular weight is 399 g/mol. The summed E-state index contributed by atoms with van der Waals surface area (Å²) in [5.74, 6) is 1.51. The second kappa shape index (κ2) is 6.84. The van der Waals surface area contributed by atoms with E-state index in [1.54, 1.807) is 23.0 Å². The maximum absolute atomic E-state index is 11.9. The predicted octanol–water partition coefficient (Wildman–Crippen LogP) is 1.88. The maximum Gasteiger partial charge on any atom is 0.343 e. The third-order valence-corrected chi connectivity index (χ3v) is 6.47. The van der Waals surface area contributed by atoms with Crippen molar-refractivity contribution < 1.29 is 9.47 Å². The smallest absolute Gasteiger partial charge is 0.343 e. The number of ether oxygens (including phenoxy) is 2. The minimum atomic E-state index is -0.305. The maximum atomic E-state index is 11.9. The number of nitrogens with zero attached hydrogens (tertiary/aromatic N) is 4. The van der Waals surface area contributed by atoms with Crippen molar-refractivity contribution in [2.45, 2.75) is 31.7 Å². The monoisotopic (exact) mass is 399 g/mol. The highest BCUT2D eigenvalue weighted by molar-refractivity contribution is 7.15. The van der Waals surface area contributed by atoms with Gasteiger partial charge in [-0.25, -0.2) is 14.9 Å². The van der Waals surface area contributed by atoms with E-state index in [1.807, 2.05) is 30.5 Å². The Hall–Kier alpha value is -2.49. The van der Waals surface area contributed by atoms with E-state index in [0.717, 1.165) is 42.4 Å². The van der Waals surface area contributed by atoms with Crippen molar-refractivity contribution in [1.82, 2.24) is 24.6 Å². The fourth-order valence-corrected chi connectivity index (χ4v) is 4.93. The Labute approximate surface area is 165 Å². The first-order valence-corrected chi connectivity index (χ1v) is 10.1. The Balaban J connectivity index is 1.28. The lowest BCUT2D eigenvalue weighted by Crippen LogP contribution is -2.46. The van der Waals surface area contributed by atoms with Gasteiger partial charge in [-0.2, -0.15) is 5.10 Å². The zero-order valence-electron chi connectivity index (χ0n) is 15.6. The van der Waals surface area contributed by atoms with Crippen LogP contribution in [0.15, 0.2) is 35.3 Å². The molecule has 3 aromatic rings. The lowest BCUT2D eigenvalue weighted by atomic mass is 10.0. The quantitative estimate of drug-likeness (QED) is 0.721. The number of hydrogen-bond acceptors (Lipinski definition) is 7. The van der Waals surface area contributed by atoms with Gasteiger partial charge < -0.3 is 9.47 Å². The Morgan fingerprint density at radius 1 is 1.39 bits per heavy atom. The van der Waals surface area contributed by atoms with Crippen LogP contribution in [-0.2, 0) is 24.4 Å². The molecule has 2 aliphatic rings. The molecule has 8 nitrogen and oxygen atoms in total. The van der Waals surface area contributed by atoms with Gasteiger partial charge in [0.2, 0.25) is 0 Å². The molecule has 1 unspecified atom stereocenters. The average Bonchev–Trinajstić information content (AvgIpc) is 3.43. The van der Waals surface area contributed by atoms with Crippen molar-refractivity contribution in [3.63, 3.8) is 0 Å². The van der Waals surface area contributed by atoms with Gasteiger partial charge in [-0.15, -0.1) is 11.3 Å². The van der Waals surface area contributed by atoms with Crippen LogP contribution < -0.4 is 10.4 Å². The molecule has 1 fully saturated rings. The number of aromatic nitrogens is 4. The van der Waals surface area contributed by atoms with Gasteiger partial charge in [0.05, 0.1) is 13.7 Å². The third kappa shape index (κ3) is 3.15. The highest BCUT2D eigenvalue weighted by Gasteiger charge is 2.43. The zero-order chi connectivity index (χ0) is 19.1. The van der Waals surface area contributed by atoms with Crippen LogP contribution in [0.5, 0.6) is 5.75 Å². The van der Waals surface area contributed by atoms with Crippen LogP contribution in [0, 0.1) is 0 Å². The van der Waals surface area contributed by atoms with Gasteiger partial charge in [-0.3, -0.25) is 9.47 Å². The van der Waals surface area contributed by atoms with Gasteiger partial charge in [-0.1, -0.05) is 12.1 Å². The van der Waals surface area contributed by atoms with E-state index in [2.05, 4.69) is 20.1 Å². The van der Waals surface area contributed by atoms with Crippen LogP contribution in [0.4, 0.5) is 0 Å². The van der Waals surface area contributed by atoms with Gasteiger partial charge in [0, 0.05) is 36.3 Å². The number of fused-ring (bicyclic) bond motifs is 1. The summed E-state index contributed by atoms with van der Waals surface area (Å²) in [6, 6.07) is 7.96. The molecule has 146 valence electrons. The Morgan fingerprint density at radius 2 is 2.32 bits per heavy atom. The number of thiazole rings is 1. The summed E-state index contributed by atoms with van der Waals surface area (Å²) >= 11 is 1.70. The van der Waals surface area contributed by atoms with Gasteiger partial charge >= 0.3 is 5.69 Å². The number of methoxy groups -OCH3 is 1. The number of hydrogen-bond donors (Lipinski definition) is 1. The molecular weight excluding hydrogens is 378 g/mol. The summed E-state index contributed by atoms with van der Waals surface area (Å²) in [6.07, 6.45) is 2.86. The summed E-state index contributed by atoms with van der Waals surface area (Å²) < 4.78 is 13.1. The molecular formula is C19H21N5O3S. The summed E-state index contributed by atoms with van der Waals surface area (Å²) in [6.45, 7) is 3.52. The topological polar surface area (TPSA) is 85.3 Å². The molecule has 1 aromatic carbocycles. The number of H-pyrrole nitrogens is 1. The number of nitrogens with one attached hydrogen (secondary N) is 1. The van der Waals surface area contributed by atoms with Crippen molar-refractivity contribution in [1.29, 1.82) is 0 Å². The van der Waals surface area contributed by atoms with E-state index < -0.39 is 0 Å². The molecule has 0 radical (unpaired) electrons. The second-order valence-corrected chi connectivity index (χ2v) is 8.44. The van der Waals surface area contributed by atoms with Crippen LogP contribution >= 0.6 is 11.3 Å². The zero-order valence-corrected chi connectivity index (χ0v) is 16.4. The molecule has 2 aliphatic heterocycles. The highest BCUT2D eigenvalue weighted by Crippen LogP contribution is 2.33. The molecule has 9 heteroatoms. The van der Waals surface area contributed by atoms with Gasteiger partial charge in [0.1, 0.15) is 23.0 Å². The van der Waals surface area contributed by atoms with Crippen LogP contribution in [0.2, 0.25) is 0 Å². The van der Waals surface area contributed by atoms with Crippen molar-refractivity contribution in [2.24, 2.45) is 0 Å². The van der Waals surface area contributed by atoms with Crippen molar-refractivity contribution in [3.8, 4) is 16.3 Å². The van der Waals surface area contributed by atoms with Crippen LogP contribution in [0.1, 0.15) is 17.1 Å². The second-order valence-electron chi connectivity index (χ2n) is 7.33. The number of likely N-dealkylation sites (tertiary alicyclic amines) is 1. The van der Waals surface area contributed by atoms with Crippen molar-refractivity contribution in [2.75, 3.05) is 20.2 Å². The fraction of sp³-hybridized carbons (Fsp3) is 0.421. The summed E-state index contributed by atoms with van der Waals surface area (Å²) in [4.78, 5) is 20.1. The first-order chi connectivity index (χ1) is 13.6. The van der Waals surface area contributed by atoms with Crippen LogP contribution in [-0.4, -0.2) is 50.4 Å². The van der Waals surface area contributed by atoms with E-state index in [9.17, 15) is 4.79 Å². The first kappa shape index (κ1) is 17.6. The molecule has 1 N–H and O–H groups in total. The Morgan fingerprint density at radius 3 is 3.21 bits per heavy atom. The molecule has 0 bridgehead atoms. The Bertz CT molecular complexity index is 1060. The molecule has 0 aliphatic carbocycles. The van der Waals surface area contributed by atoms with Crippen LogP contribution in [0.3, 0.4) is 0 Å². The number of aromatic amines is 1. The minimum Gasteiger partial charge on any atom is -0.497 e. The first-order valence-electron chi connectivity index (χ1n) is 9.24. The van der Waals surface area contributed by atoms with Gasteiger partial charge in [0.25, 0.3) is 0 Å². The molecule has 28 heavy (non-hydrogen) atoms. The van der Waals surface area contributed by atoms with Gasteiger partial charge in [0.15, 0.2) is 5.82 Å². The standard InChI is InChI=1S/C19H21N5O3S/c1-26-14-4-2-3-13(7-14)17-20-8-15(28-17)9-23-6-5-19(11-23)12-24-16(10-27-19)21-22-18(24)25/h2-4,7-8H,5-6,9-12H2,1H3,(H,22,25). The molecule has 1 spiro atoms. The molecule has 0 saturated carbocycles. The SMILES string of the molecule is COc1cccc(-c2ncc(CN3CCC4(C3)Cn3c(n[nH]c3=O)CO4)s2)c1. The number of rotatable bonds is 4. The molecule has 0 amide bonds.